The zero-order valence-corrected chi connectivity index (χ0v) is 13.1. The molecule has 3 nitrogen and oxygen atoms in total. The number of nitrogens with zero attached hydrogens (tertiary/aromatic N) is 1. The van der Waals surface area contributed by atoms with Gasteiger partial charge in [0.2, 0.25) is 5.91 Å². The Labute approximate surface area is 126 Å². The number of hydrogen-bond donors (Lipinski definition) is 1. The van der Waals surface area contributed by atoms with Crippen molar-refractivity contribution in [3.8, 4) is 0 Å². The minimum Gasteiger partial charge on any atom is -0.338 e. The van der Waals surface area contributed by atoms with Crippen molar-refractivity contribution < 1.29 is 9.18 Å². The standard InChI is InChI=1S/C17H25FN2O/c1-4-13-9-10-19-16(11-13)17(21)20(3)12(2)14-7-5-6-8-15(14)18/h5-8,12-13,16,19H,4,9-11H2,1-3H3. The largest absolute Gasteiger partial charge is 0.338 e. The predicted octanol–water partition coefficient (Wildman–Crippen LogP) is 3.12. The highest BCUT2D eigenvalue weighted by molar-refractivity contribution is 5.82. The van der Waals surface area contributed by atoms with E-state index in [4.69, 9.17) is 0 Å². The van der Waals surface area contributed by atoms with Crippen LogP contribution in [0.3, 0.4) is 0 Å². The van der Waals surface area contributed by atoms with Crippen LogP contribution in [0, 0.1) is 11.7 Å². The summed E-state index contributed by atoms with van der Waals surface area (Å²) in [6.07, 6.45) is 3.12. The lowest BCUT2D eigenvalue weighted by molar-refractivity contribution is -0.135. The number of amides is 1. The number of hydrogen-bond acceptors (Lipinski definition) is 2. The maximum Gasteiger partial charge on any atom is 0.239 e. The molecule has 0 aromatic heterocycles. The van der Waals surface area contributed by atoms with Crippen LogP contribution in [0.2, 0.25) is 0 Å². The quantitative estimate of drug-likeness (QED) is 0.924. The molecule has 1 amide bonds. The van der Waals surface area contributed by atoms with Crippen LogP contribution in [0.25, 0.3) is 0 Å². The van der Waals surface area contributed by atoms with E-state index >= 15 is 0 Å². The molecule has 4 heteroatoms. The average molecular weight is 292 g/mol. The van der Waals surface area contributed by atoms with Gasteiger partial charge in [0.1, 0.15) is 5.82 Å². The molecule has 3 unspecified atom stereocenters. The van der Waals surface area contributed by atoms with Gasteiger partial charge in [-0.1, -0.05) is 31.5 Å². The summed E-state index contributed by atoms with van der Waals surface area (Å²) in [5.41, 5.74) is 0.566. The van der Waals surface area contributed by atoms with Crippen LogP contribution in [0.5, 0.6) is 0 Å². The fourth-order valence-corrected chi connectivity index (χ4v) is 3.01. The lowest BCUT2D eigenvalue weighted by Crippen LogP contribution is -2.49. The first-order chi connectivity index (χ1) is 10.0. The highest BCUT2D eigenvalue weighted by Gasteiger charge is 2.30. The molecule has 1 aromatic rings. The normalized spacial score (nSPS) is 23.6. The third kappa shape index (κ3) is 3.62. The fraction of sp³-hybridized carbons (Fsp3) is 0.588. The van der Waals surface area contributed by atoms with Gasteiger partial charge in [-0.3, -0.25) is 4.79 Å². The molecule has 3 atom stereocenters. The maximum absolute atomic E-state index is 13.9. The Morgan fingerprint density at radius 2 is 2.19 bits per heavy atom. The molecule has 0 spiro atoms. The summed E-state index contributed by atoms with van der Waals surface area (Å²) < 4.78 is 13.9. The smallest absolute Gasteiger partial charge is 0.239 e. The van der Waals surface area contributed by atoms with Crippen LogP contribution >= 0.6 is 0 Å². The number of rotatable bonds is 4. The lowest BCUT2D eigenvalue weighted by atomic mass is 9.89. The summed E-state index contributed by atoms with van der Waals surface area (Å²) in [6, 6.07) is 6.26. The number of likely N-dealkylation sites (N-methyl/N-ethyl adjacent to an activating group) is 1. The summed E-state index contributed by atoms with van der Waals surface area (Å²) >= 11 is 0. The molecule has 1 fully saturated rings. The average Bonchev–Trinajstić information content (AvgIpc) is 2.53. The van der Waals surface area contributed by atoms with Crippen LogP contribution < -0.4 is 5.32 Å². The number of nitrogens with one attached hydrogen (secondary N) is 1. The summed E-state index contributed by atoms with van der Waals surface area (Å²) in [5.74, 6) is 0.411. The highest BCUT2D eigenvalue weighted by Crippen LogP contribution is 2.25. The van der Waals surface area contributed by atoms with Crippen LogP contribution in [-0.4, -0.2) is 30.4 Å². The van der Waals surface area contributed by atoms with Crippen LogP contribution in [-0.2, 0) is 4.79 Å². The molecule has 1 saturated heterocycles. The minimum atomic E-state index is -0.262. The molecular weight excluding hydrogens is 267 g/mol. The Kier molecular flexibility index (Phi) is 5.34. The first-order valence-corrected chi connectivity index (χ1v) is 7.79. The van der Waals surface area contributed by atoms with E-state index in [9.17, 15) is 9.18 Å². The second kappa shape index (κ2) is 7.03. The molecule has 1 heterocycles. The zero-order valence-electron chi connectivity index (χ0n) is 13.1. The zero-order chi connectivity index (χ0) is 15.4. The molecule has 0 bridgehead atoms. The van der Waals surface area contributed by atoms with Crippen molar-refractivity contribution in [1.29, 1.82) is 0 Å². The summed E-state index contributed by atoms with van der Waals surface area (Å²) in [6.45, 7) is 4.93. The van der Waals surface area contributed by atoms with Crippen molar-refractivity contribution in [2.75, 3.05) is 13.6 Å². The van der Waals surface area contributed by atoms with Gasteiger partial charge in [0.05, 0.1) is 12.1 Å². The Bertz CT molecular complexity index is 491. The third-order valence-electron chi connectivity index (χ3n) is 4.67. The van der Waals surface area contributed by atoms with E-state index in [1.54, 1.807) is 30.1 Å². The van der Waals surface area contributed by atoms with Gasteiger partial charge in [-0.25, -0.2) is 4.39 Å². The Hall–Kier alpha value is -1.42. The number of carbonyl (C=O) groups is 1. The van der Waals surface area contributed by atoms with E-state index in [1.165, 1.54) is 6.07 Å². The van der Waals surface area contributed by atoms with Crippen molar-refractivity contribution >= 4 is 5.91 Å². The number of piperidine rings is 1. The molecule has 0 saturated carbocycles. The number of benzene rings is 1. The third-order valence-corrected chi connectivity index (χ3v) is 4.67. The summed E-state index contributed by atoms with van der Waals surface area (Å²) in [5, 5.41) is 3.30. The molecule has 1 aromatic carbocycles. The molecule has 116 valence electrons. The Morgan fingerprint density at radius 1 is 1.48 bits per heavy atom. The van der Waals surface area contributed by atoms with Gasteiger partial charge in [0.25, 0.3) is 0 Å². The van der Waals surface area contributed by atoms with Crippen LogP contribution in [0.15, 0.2) is 24.3 Å². The molecule has 2 rings (SSSR count). The topological polar surface area (TPSA) is 32.3 Å². The van der Waals surface area contributed by atoms with Crippen molar-refractivity contribution in [3.63, 3.8) is 0 Å². The van der Waals surface area contributed by atoms with Gasteiger partial charge in [0.15, 0.2) is 0 Å². The first-order valence-electron chi connectivity index (χ1n) is 7.79. The van der Waals surface area contributed by atoms with Crippen molar-refractivity contribution in [2.24, 2.45) is 5.92 Å². The van der Waals surface area contributed by atoms with Crippen molar-refractivity contribution in [2.45, 2.75) is 45.2 Å². The van der Waals surface area contributed by atoms with E-state index in [0.717, 1.165) is 25.8 Å². The number of carbonyl (C=O) groups excluding carboxylic acids is 1. The van der Waals surface area contributed by atoms with Crippen LogP contribution in [0.1, 0.15) is 44.7 Å². The van der Waals surface area contributed by atoms with E-state index in [2.05, 4.69) is 12.2 Å². The highest BCUT2D eigenvalue weighted by atomic mass is 19.1. The molecule has 1 N–H and O–H groups in total. The van der Waals surface area contributed by atoms with E-state index in [0.29, 0.717) is 11.5 Å². The second-order valence-electron chi connectivity index (χ2n) is 5.95. The van der Waals surface area contributed by atoms with Gasteiger partial charge in [-0.2, -0.15) is 0 Å². The molecule has 0 radical (unpaired) electrons. The van der Waals surface area contributed by atoms with Gasteiger partial charge in [-0.15, -0.1) is 0 Å². The molecule has 1 aliphatic heterocycles. The maximum atomic E-state index is 13.9. The van der Waals surface area contributed by atoms with Crippen molar-refractivity contribution in [3.05, 3.63) is 35.6 Å². The van der Waals surface area contributed by atoms with E-state index < -0.39 is 0 Å². The molecular formula is C17H25FN2O. The number of halogens is 1. The Morgan fingerprint density at radius 3 is 2.86 bits per heavy atom. The van der Waals surface area contributed by atoms with Gasteiger partial charge >= 0.3 is 0 Å². The van der Waals surface area contributed by atoms with E-state index in [1.807, 2.05) is 6.92 Å². The van der Waals surface area contributed by atoms with E-state index in [-0.39, 0.29) is 23.8 Å². The predicted molar refractivity (Wildman–Crippen MR) is 82.4 cm³/mol. The van der Waals surface area contributed by atoms with Crippen LogP contribution in [0.4, 0.5) is 4.39 Å². The molecule has 0 aliphatic carbocycles. The lowest BCUT2D eigenvalue weighted by Gasteiger charge is -2.34. The summed E-state index contributed by atoms with van der Waals surface area (Å²) in [4.78, 5) is 14.3. The molecule has 21 heavy (non-hydrogen) atoms. The van der Waals surface area contributed by atoms with Crippen molar-refractivity contribution in [1.82, 2.24) is 10.2 Å². The van der Waals surface area contributed by atoms with Gasteiger partial charge in [0, 0.05) is 12.6 Å². The minimum absolute atomic E-state index is 0.0592. The second-order valence-corrected chi connectivity index (χ2v) is 5.95. The SMILES string of the molecule is CCC1CCNC(C(=O)N(C)C(C)c2ccccc2F)C1. The fourth-order valence-electron chi connectivity index (χ4n) is 3.01. The molecule has 1 aliphatic rings. The Balaban J connectivity index is 2.06. The van der Waals surface area contributed by atoms with Gasteiger partial charge < -0.3 is 10.2 Å². The first kappa shape index (κ1) is 16.0. The monoisotopic (exact) mass is 292 g/mol. The summed E-state index contributed by atoms with van der Waals surface area (Å²) in [7, 11) is 1.76. The van der Waals surface area contributed by atoms with Gasteiger partial charge in [-0.05, 0) is 38.3 Å².